The number of methoxy groups -OCH3 is 2. The van der Waals surface area contributed by atoms with Crippen LogP contribution in [0, 0.1) is 0 Å². The lowest BCUT2D eigenvalue weighted by Crippen LogP contribution is -2.65. The zero-order valence-electron chi connectivity index (χ0n) is 25.8. The molecule has 2 aliphatic heterocycles. The molecule has 3 rings (SSSR count). The molecule has 0 amide bonds. The Labute approximate surface area is 249 Å². The summed E-state index contributed by atoms with van der Waals surface area (Å²) >= 11 is 1.39. The standard InChI is InChI=1S/C29H46O10SSi/c1-17-22(39-41(9,10)29(4,5)6)24(32-7)25(33-8)27(35-17)38-23-21(36-18(2)30)16-34-28(26(23)37-19(3)31)40-20-14-12-11-13-15-20/h11-15,17,21-28H,16H2,1-10H3/t17-,21-,22+,23-,24-,25+,26-,27+,28-/m1/s1. The lowest BCUT2D eigenvalue weighted by Gasteiger charge is -2.50. The first-order valence-corrected chi connectivity index (χ1v) is 17.7. The van der Waals surface area contributed by atoms with E-state index in [0.29, 0.717) is 0 Å². The smallest absolute Gasteiger partial charge is 0.303 e. The van der Waals surface area contributed by atoms with Gasteiger partial charge in [0.15, 0.2) is 26.8 Å². The fourth-order valence-corrected chi connectivity index (χ4v) is 7.14. The zero-order chi connectivity index (χ0) is 30.5. The van der Waals surface area contributed by atoms with Crippen LogP contribution in [0.25, 0.3) is 0 Å². The largest absolute Gasteiger partial charge is 0.457 e. The Balaban J connectivity index is 1.92. The van der Waals surface area contributed by atoms with Gasteiger partial charge in [-0.05, 0) is 37.2 Å². The number of hydrogen-bond acceptors (Lipinski definition) is 11. The van der Waals surface area contributed by atoms with E-state index in [0.717, 1.165) is 4.90 Å². The highest BCUT2D eigenvalue weighted by Gasteiger charge is 2.53. The van der Waals surface area contributed by atoms with Crippen LogP contribution in [0.4, 0.5) is 0 Å². The van der Waals surface area contributed by atoms with E-state index in [1.807, 2.05) is 37.3 Å². The maximum absolute atomic E-state index is 12.3. The topological polar surface area (TPSA) is 108 Å². The number of carbonyl (C=O) groups excluding carboxylic acids is 2. The Morgan fingerprint density at radius 3 is 2.05 bits per heavy atom. The van der Waals surface area contributed by atoms with Crippen molar-refractivity contribution in [2.45, 2.75) is 119 Å². The third kappa shape index (κ3) is 8.53. The van der Waals surface area contributed by atoms with E-state index in [4.69, 9.17) is 37.6 Å². The van der Waals surface area contributed by atoms with Crippen LogP contribution in [0.3, 0.4) is 0 Å². The Morgan fingerprint density at radius 2 is 1.51 bits per heavy atom. The first kappa shape index (κ1) is 34.0. The molecule has 2 fully saturated rings. The van der Waals surface area contributed by atoms with Crippen LogP contribution >= 0.6 is 11.8 Å². The number of thioether (sulfide) groups is 1. The van der Waals surface area contributed by atoms with Crippen molar-refractivity contribution in [1.29, 1.82) is 0 Å². The number of ether oxygens (including phenoxy) is 7. The van der Waals surface area contributed by atoms with Gasteiger partial charge in [-0.2, -0.15) is 0 Å². The Morgan fingerprint density at radius 1 is 0.902 bits per heavy atom. The molecule has 41 heavy (non-hydrogen) atoms. The summed E-state index contributed by atoms with van der Waals surface area (Å²) in [6, 6.07) is 9.61. The van der Waals surface area contributed by atoms with Crippen molar-refractivity contribution in [2.24, 2.45) is 0 Å². The minimum atomic E-state index is -2.19. The number of hydrogen-bond donors (Lipinski definition) is 0. The Kier molecular flexibility index (Phi) is 11.9. The quantitative estimate of drug-likeness (QED) is 0.274. The van der Waals surface area contributed by atoms with Crippen LogP contribution in [0.2, 0.25) is 18.1 Å². The fraction of sp³-hybridized carbons (Fsp3) is 0.724. The van der Waals surface area contributed by atoms with Gasteiger partial charge in [0.1, 0.15) is 23.7 Å². The molecule has 0 unspecified atom stereocenters. The summed E-state index contributed by atoms with van der Waals surface area (Å²) in [6.07, 6.45) is -5.67. The zero-order valence-corrected chi connectivity index (χ0v) is 27.6. The molecule has 10 nitrogen and oxygen atoms in total. The predicted octanol–water partition coefficient (Wildman–Crippen LogP) is 4.55. The van der Waals surface area contributed by atoms with Gasteiger partial charge in [0.25, 0.3) is 0 Å². The van der Waals surface area contributed by atoms with Gasteiger partial charge in [-0.25, -0.2) is 0 Å². The number of rotatable bonds is 10. The highest BCUT2D eigenvalue weighted by molar-refractivity contribution is 7.99. The van der Waals surface area contributed by atoms with Gasteiger partial charge in [-0.1, -0.05) is 50.7 Å². The summed E-state index contributed by atoms with van der Waals surface area (Å²) in [5.41, 5.74) is -0.631. The third-order valence-electron chi connectivity index (χ3n) is 7.80. The molecular weight excluding hydrogens is 568 g/mol. The Hall–Kier alpha value is -1.51. The van der Waals surface area contributed by atoms with Crippen LogP contribution < -0.4 is 0 Å². The van der Waals surface area contributed by atoms with Crippen molar-refractivity contribution >= 4 is 32.0 Å². The van der Waals surface area contributed by atoms with E-state index in [9.17, 15) is 9.59 Å². The number of esters is 2. The van der Waals surface area contributed by atoms with Gasteiger partial charge in [-0.3, -0.25) is 9.59 Å². The molecule has 2 saturated heterocycles. The highest BCUT2D eigenvalue weighted by atomic mass is 32.2. The normalized spacial score (nSPS) is 32.8. The van der Waals surface area contributed by atoms with Crippen molar-refractivity contribution in [3.05, 3.63) is 30.3 Å². The second-order valence-electron chi connectivity index (χ2n) is 11.9. The molecule has 1 aromatic carbocycles. The molecule has 12 heteroatoms. The minimum Gasteiger partial charge on any atom is -0.457 e. The molecule has 0 aromatic heterocycles. The molecule has 0 radical (unpaired) electrons. The SMILES string of the molecule is CO[C@H]1[C@H](OC)[C@H](O[C@H]2[C@@H](OC(C)=O)[C@@H](Sc3ccccc3)OC[C@H]2OC(C)=O)O[C@H](C)[C@@H]1O[Si](C)(C)C(C)(C)C. The van der Waals surface area contributed by atoms with Crippen LogP contribution in [-0.2, 0) is 47.2 Å². The number of carbonyl (C=O) groups is 2. The number of benzene rings is 1. The summed E-state index contributed by atoms with van der Waals surface area (Å²) in [5, 5.41) is -0.0248. The summed E-state index contributed by atoms with van der Waals surface area (Å²) in [4.78, 5) is 25.2. The van der Waals surface area contributed by atoms with Crippen LogP contribution in [0.15, 0.2) is 35.2 Å². The first-order chi connectivity index (χ1) is 19.2. The minimum absolute atomic E-state index is 0.0248. The summed E-state index contributed by atoms with van der Waals surface area (Å²) in [7, 11) is 0.971. The summed E-state index contributed by atoms with van der Waals surface area (Å²) in [6.45, 7) is 15.5. The van der Waals surface area contributed by atoms with Crippen LogP contribution in [0.1, 0.15) is 41.5 Å². The second-order valence-corrected chi connectivity index (χ2v) is 17.8. The maximum atomic E-state index is 12.3. The first-order valence-electron chi connectivity index (χ1n) is 13.9. The average Bonchev–Trinajstić information content (AvgIpc) is 2.87. The molecule has 0 bridgehead atoms. The molecule has 0 aliphatic carbocycles. The van der Waals surface area contributed by atoms with Crippen LogP contribution in [0.5, 0.6) is 0 Å². The van der Waals surface area contributed by atoms with Crippen molar-refractivity contribution in [2.75, 3.05) is 20.8 Å². The van der Waals surface area contributed by atoms with Crippen molar-refractivity contribution in [1.82, 2.24) is 0 Å². The molecule has 9 atom stereocenters. The van der Waals surface area contributed by atoms with Crippen LogP contribution in [-0.4, -0.2) is 95.5 Å². The molecular formula is C29H46O10SSi. The molecule has 0 saturated carbocycles. The summed E-state index contributed by atoms with van der Waals surface area (Å²) < 4.78 is 49.0. The van der Waals surface area contributed by atoms with Crippen molar-refractivity contribution < 1.29 is 47.2 Å². The highest BCUT2D eigenvalue weighted by Crippen LogP contribution is 2.41. The molecule has 0 N–H and O–H groups in total. The van der Waals surface area contributed by atoms with E-state index in [1.54, 1.807) is 14.2 Å². The second kappa shape index (κ2) is 14.3. The Bertz CT molecular complexity index is 1000. The maximum Gasteiger partial charge on any atom is 0.303 e. The van der Waals surface area contributed by atoms with Gasteiger partial charge in [0.2, 0.25) is 0 Å². The average molecular weight is 615 g/mol. The van der Waals surface area contributed by atoms with E-state index in [-0.39, 0.29) is 11.6 Å². The van der Waals surface area contributed by atoms with Crippen molar-refractivity contribution in [3.8, 4) is 0 Å². The molecule has 232 valence electrons. The van der Waals surface area contributed by atoms with E-state index in [1.165, 1.54) is 25.6 Å². The van der Waals surface area contributed by atoms with Gasteiger partial charge >= 0.3 is 11.9 Å². The van der Waals surface area contributed by atoms with E-state index < -0.39 is 74.7 Å². The molecule has 2 heterocycles. The van der Waals surface area contributed by atoms with Gasteiger partial charge in [-0.15, -0.1) is 0 Å². The monoisotopic (exact) mass is 614 g/mol. The molecule has 0 spiro atoms. The lowest BCUT2D eigenvalue weighted by molar-refractivity contribution is -0.331. The van der Waals surface area contributed by atoms with E-state index >= 15 is 0 Å². The van der Waals surface area contributed by atoms with Gasteiger partial charge < -0.3 is 37.6 Å². The third-order valence-corrected chi connectivity index (χ3v) is 13.5. The molecule has 1 aromatic rings. The van der Waals surface area contributed by atoms with Gasteiger partial charge in [0, 0.05) is 33.0 Å². The molecule has 2 aliphatic rings. The summed E-state index contributed by atoms with van der Waals surface area (Å²) in [5.74, 6) is -1.03. The van der Waals surface area contributed by atoms with Gasteiger partial charge in [0.05, 0.1) is 18.8 Å². The predicted molar refractivity (Wildman–Crippen MR) is 156 cm³/mol. The fourth-order valence-electron chi connectivity index (χ4n) is 4.71. The van der Waals surface area contributed by atoms with E-state index in [2.05, 4.69) is 33.9 Å². The lowest BCUT2D eigenvalue weighted by atomic mass is 9.98. The van der Waals surface area contributed by atoms with Crippen molar-refractivity contribution in [3.63, 3.8) is 0 Å².